The Hall–Kier alpha value is 2.80. The monoisotopic (exact) mass is 729 g/mol. The van der Waals surface area contributed by atoms with Crippen molar-refractivity contribution in [1.29, 1.82) is 0 Å². The Morgan fingerprint density at radius 1 is 0.667 bits per heavy atom. The van der Waals surface area contributed by atoms with Gasteiger partial charge in [-0.3, -0.25) is 0 Å². The van der Waals surface area contributed by atoms with Crippen molar-refractivity contribution in [3.8, 4) is 0 Å². The highest BCUT2D eigenvalue weighted by molar-refractivity contribution is 4.83. The number of hydrogen-bond donors (Lipinski definition) is 0. The second-order valence-corrected chi connectivity index (χ2v) is 1.54. The largest absolute Gasteiger partial charge is 1.00 e. The van der Waals surface area contributed by atoms with E-state index in [1.165, 1.54) is 0 Å². The molecule has 0 atom stereocenters. The van der Waals surface area contributed by atoms with Gasteiger partial charge in [-0.05, 0) is 0 Å². The van der Waals surface area contributed by atoms with Crippen molar-refractivity contribution in [2.24, 2.45) is 7.05 Å². The van der Waals surface area contributed by atoms with Gasteiger partial charge in [0.1, 0.15) is 7.05 Å². The van der Waals surface area contributed by atoms with Crippen LogP contribution in [-0.2, 0) is 7.05 Å². The average molecular weight is 729 g/mol. The van der Waals surface area contributed by atoms with Crippen LogP contribution in [0, 0.1) is 0 Å². The quantitative estimate of drug-likeness (QED) is 0.185. The summed E-state index contributed by atoms with van der Waals surface area (Å²) in [6, 6.07) is 6.00. The molecule has 0 unspecified atom stereocenters. The first-order chi connectivity index (χ1) is 3.39. The Balaban J connectivity index is -0.0000000327. The Morgan fingerprint density at radius 3 is 1.17 bits per heavy atom. The van der Waals surface area contributed by atoms with Crippen LogP contribution in [0.25, 0.3) is 0 Å². The van der Waals surface area contributed by atoms with E-state index in [2.05, 4.69) is 0 Å². The molecule has 0 N–H and O–H groups in total. The standard InChI is InChI=1S/C6H8N.5HI/c1-7-5-3-2-4-6-7;;;;;/h2-6H,1H3;5*1H/q+1;;;;;/p-5. The van der Waals surface area contributed by atoms with Crippen molar-refractivity contribution in [2.75, 3.05) is 0 Å². The number of aromatic nitrogens is 1. The summed E-state index contributed by atoms with van der Waals surface area (Å²) in [5, 5.41) is 0. The van der Waals surface area contributed by atoms with Gasteiger partial charge < -0.3 is 120 Å². The molecule has 1 heterocycles. The third-order valence-corrected chi connectivity index (χ3v) is 0.865. The first-order valence-electron chi connectivity index (χ1n) is 2.30. The van der Waals surface area contributed by atoms with E-state index in [0.717, 1.165) is 0 Å². The predicted molar refractivity (Wildman–Crippen MR) is 27.6 cm³/mol. The molecule has 0 bridgehead atoms. The lowest BCUT2D eigenvalue weighted by molar-refractivity contribution is -0.671. The van der Waals surface area contributed by atoms with Gasteiger partial charge in [0.15, 0.2) is 12.4 Å². The molecule has 0 fully saturated rings. The number of rotatable bonds is 0. The highest BCUT2D eigenvalue weighted by Gasteiger charge is 1.78. The fraction of sp³-hybridized carbons (Fsp3) is 0.167. The van der Waals surface area contributed by atoms with Gasteiger partial charge in [-0.15, -0.1) is 0 Å². The number of hydrogen-bond acceptors (Lipinski definition) is 0. The molecular weight excluding hydrogens is 721 g/mol. The Kier molecular flexibility index (Phi) is 47.4. The topological polar surface area (TPSA) is 3.88 Å². The first kappa shape index (κ1) is 29.3. The molecule has 1 nitrogen and oxygen atoms in total. The molecule has 1 rings (SSSR count). The van der Waals surface area contributed by atoms with Gasteiger partial charge in [-0.1, -0.05) is 6.07 Å². The summed E-state index contributed by atoms with van der Waals surface area (Å²) in [7, 11) is 2.00. The average Bonchev–Trinajstić information content (AvgIpc) is 1.69. The molecule has 76 valence electrons. The minimum absolute atomic E-state index is 0. The van der Waals surface area contributed by atoms with E-state index in [9.17, 15) is 0 Å². The minimum Gasteiger partial charge on any atom is -1.00 e. The van der Waals surface area contributed by atoms with Crippen molar-refractivity contribution < 1.29 is 124 Å². The molecule has 0 aliphatic carbocycles. The van der Waals surface area contributed by atoms with Gasteiger partial charge in [-0.25, -0.2) is 4.57 Å². The van der Waals surface area contributed by atoms with E-state index in [1.54, 1.807) is 0 Å². The van der Waals surface area contributed by atoms with Gasteiger partial charge in [0, 0.05) is 12.1 Å². The van der Waals surface area contributed by atoms with Crippen LogP contribution in [0.4, 0.5) is 0 Å². The molecule has 0 saturated heterocycles. The summed E-state index contributed by atoms with van der Waals surface area (Å²) in [5.41, 5.74) is 0. The van der Waals surface area contributed by atoms with E-state index in [4.69, 9.17) is 0 Å². The molecule has 0 spiro atoms. The maximum Gasteiger partial charge on any atom is 0.168 e. The molecule has 0 aromatic carbocycles. The smallest absolute Gasteiger partial charge is 0.168 e. The zero-order valence-electron chi connectivity index (χ0n) is 6.22. The predicted octanol–water partition coefficient (Wildman–Crippen LogP) is -14.5. The summed E-state index contributed by atoms with van der Waals surface area (Å²) in [5.74, 6) is 0. The van der Waals surface area contributed by atoms with Gasteiger partial charge in [0.2, 0.25) is 0 Å². The lowest BCUT2D eigenvalue weighted by atomic mass is 10.5. The molecule has 0 aliphatic rings. The van der Waals surface area contributed by atoms with Crippen LogP contribution in [0.15, 0.2) is 30.6 Å². The number of pyridine rings is 1. The van der Waals surface area contributed by atoms with Gasteiger partial charge >= 0.3 is 0 Å². The van der Waals surface area contributed by atoms with Gasteiger partial charge in [-0.2, -0.15) is 0 Å². The molecule has 0 aliphatic heterocycles. The fourth-order valence-electron chi connectivity index (χ4n) is 0.485. The molecular formula is C6H8I5N-4. The van der Waals surface area contributed by atoms with Gasteiger partial charge in [0.25, 0.3) is 0 Å². The maximum atomic E-state index is 2.00. The zero-order chi connectivity index (χ0) is 5.11. The summed E-state index contributed by atoms with van der Waals surface area (Å²) >= 11 is 0. The van der Waals surface area contributed by atoms with Crippen LogP contribution in [0.5, 0.6) is 0 Å². The first-order valence-corrected chi connectivity index (χ1v) is 2.30. The summed E-state index contributed by atoms with van der Waals surface area (Å²) in [6.45, 7) is 0. The normalized spacial score (nSPS) is 5.08. The number of aryl methyl sites for hydroxylation is 1. The van der Waals surface area contributed by atoms with Crippen LogP contribution in [0.3, 0.4) is 0 Å². The molecule has 0 radical (unpaired) electrons. The third kappa shape index (κ3) is 15.3. The van der Waals surface area contributed by atoms with Crippen molar-refractivity contribution in [3.05, 3.63) is 30.6 Å². The highest BCUT2D eigenvalue weighted by Crippen LogP contribution is 1.71. The number of halogens is 5. The Morgan fingerprint density at radius 2 is 1.00 bits per heavy atom. The lowest BCUT2D eigenvalue weighted by Crippen LogP contribution is -3.00. The molecule has 0 amide bonds. The highest BCUT2D eigenvalue weighted by atomic mass is 127. The fourth-order valence-corrected chi connectivity index (χ4v) is 0.485. The minimum atomic E-state index is 0. The van der Waals surface area contributed by atoms with Crippen LogP contribution in [-0.4, -0.2) is 0 Å². The van der Waals surface area contributed by atoms with Crippen LogP contribution >= 0.6 is 0 Å². The Bertz CT molecular complexity index is 146. The van der Waals surface area contributed by atoms with E-state index < -0.39 is 0 Å². The van der Waals surface area contributed by atoms with Crippen LogP contribution < -0.4 is 124 Å². The maximum absolute atomic E-state index is 2.00. The number of nitrogens with zero attached hydrogens (tertiary/aromatic N) is 1. The molecule has 6 heteroatoms. The van der Waals surface area contributed by atoms with Crippen LogP contribution in [0.2, 0.25) is 0 Å². The Labute approximate surface area is 159 Å². The summed E-state index contributed by atoms with van der Waals surface area (Å²) < 4.78 is 2.00. The van der Waals surface area contributed by atoms with Crippen molar-refractivity contribution in [2.45, 2.75) is 0 Å². The van der Waals surface area contributed by atoms with E-state index in [1.807, 2.05) is 42.2 Å². The molecule has 1 aromatic heterocycles. The molecule has 1 aromatic rings. The van der Waals surface area contributed by atoms with Crippen molar-refractivity contribution in [1.82, 2.24) is 0 Å². The van der Waals surface area contributed by atoms with Crippen molar-refractivity contribution >= 4 is 0 Å². The van der Waals surface area contributed by atoms with E-state index in [0.29, 0.717) is 0 Å². The second kappa shape index (κ2) is 19.4. The van der Waals surface area contributed by atoms with Gasteiger partial charge in [0.05, 0.1) is 0 Å². The van der Waals surface area contributed by atoms with Crippen LogP contribution in [0.1, 0.15) is 0 Å². The summed E-state index contributed by atoms with van der Waals surface area (Å²) in [6.07, 6.45) is 4.00. The van der Waals surface area contributed by atoms with Crippen molar-refractivity contribution in [3.63, 3.8) is 0 Å². The molecule has 0 saturated carbocycles. The lowest BCUT2D eigenvalue weighted by Gasteiger charge is -1.77. The zero-order valence-corrected chi connectivity index (χ0v) is 17.0. The summed E-state index contributed by atoms with van der Waals surface area (Å²) in [4.78, 5) is 0. The third-order valence-electron chi connectivity index (χ3n) is 0.865. The van der Waals surface area contributed by atoms with E-state index >= 15 is 0 Å². The molecule has 12 heavy (non-hydrogen) atoms. The second-order valence-electron chi connectivity index (χ2n) is 1.54. The van der Waals surface area contributed by atoms with E-state index in [-0.39, 0.29) is 120 Å². The SMILES string of the molecule is C[n+]1ccccc1.[I-].[I-].[I-].[I-].[I-].